The molecule has 33 heavy (non-hydrogen) atoms. The molecule has 1 amide bonds. The molecule has 2 unspecified atom stereocenters. The topological polar surface area (TPSA) is 88.5 Å². The van der Waals surface area contributed by atoms with Crippen molar-refractivity contribution in [2.75, 3.05) is 17.8 Å². The number of halogens is 2. The van der Waals surface area contributed by atoms with Crippen LogP contribution in [0.25, 0.3) is 10.2 Å². The summed E-state index contributed by atoms with van der Waals surface area (Å²) in [7, 11) is 0. The van der Waals surface area contributed by atoms with Gasteiger partial charge < -0.3 is 14.6 Å². The first-order chi connectivity index (χ1) is 15.7. The molecular weight excluding hydrogens is 468 g/mol. The van der Waals surface area contributed by atoms with E-state index >= 15 is 0 Å². The van der Waals surface area contributed by atoms with E-state index in [4.69, 9.17) is 0 Å². The number of carbonyl (C=O) groups excluding carboxylic acids is 1. The number of hydrogen-bond donors (Lipinski definition) is 2. The van der Waals surface area contributed by atoms with Gasteiger partial charge in [0.15, 0.2) is 0 Å². The Labute approximate surface area is 196 Å². The molecule has 2 N–H and O–H groups in total. The van der Waals surface area contributed by atoms with Crippen LogP contribution < -0.4 is 4.72 Å². The first kappa shape index (κ1) is 22.5. The molecule has 174 valence electrons. The predicted molar refractivity (Wildman–Crippen MR) is 124 cm³/mol. The maximum absolute atomic E-state index is 13.2. The van der Waals surface area contributed by atoms with Crippen LogP contribution in [0.2, 0.25) is 0 Å². The van der Waals surface area contributed by atoms with Crippen LogP contribution in [0.15, 0.2) is 52.9 Å². The molecule has 3 aromatic rings. The number of likely N-dealkylation sites (tertiary alicyclic amines) is 1. The number of nitrogens with zero attached hydrogens (tertiary/aromatic N) is 2. The van der Waals surface area contributed by atoms with Crippen molar-refractivity contribution in [3.8, 4) is 0 Å². The van der Waals surface area contributed by atoms with Gasteiger partial charge in [-0.3, -0.25) is 4.79 Å². The van der Waals surface area contributed by atoms with Gasteiger partial charge in [0.2, 0.25) is 4.90 Å². The lowest BCUT2D eigenvalue weighted by atomic mass is 9.86. The van der Waals surface area contributed by atoms with Gasteiger partial charge in [-0.1, -0.05) is 6.07 Å². The van der Waals surface area contributed by atoms with Gasteiger partial charge in [0.25, 0.3) is 11.8 Å². The van der Waals surface area contributed by atoms with Crippen molar-refractivity contribution in [3.05, 3.63) is 53.5 Å². The average molecular weight is 492 g/mol. The molecule has 1 aromatic heterocycles. The lowest BCUT2D eigenvalue weighted by Crippen LogP contribution is -2.47. The number of rotatable bonds is 6. The number of thiazole rings is 1. The molecule has 5 rings (SSSR count). The van der Waals surface area contributed by atoms with Crippen LogP contribution in [-0.2, 0) is 11.4 Å². The number of aliphatic hydroxyl groups is 1. The van der Waals surface area contributed by atoms with Crippen LogP contribution >= 0.6 is 11.3 Å². The molecule has 10 heteroatoms. The van der Waals surface area contributed by atoms with Crippen LogP contribution in [-0.4, -0.2) is 50.1 Å². The minimum atomic E-state index is -2.64. The highest BCUT2D eigenvalue weighted by molar-refractivity contribution is 7.93. The van der Waals surface area contributed by atoms with Gasteiger partial charge in [-0.15, -0.1) is 11.3 Å². The molecule has 6 nitrogen and oxygen atoms in total. The number of hydrogen-bond acceptors (Lipinski definition) is 6. The molecular formula is C23H23F2N3O3S2. The fraction of sp³-hybridized carbons (Fsp3) is 0.391. The average Bonchev–Trinajstić information content (AvgIpc) is 3.16. The van der Waals surface area contributed by atoms with E-state index in [-0.39, 0.29) is 18.7 Å². The maximum atomic E-state index is 13.2. The summed E-state index contributed by atoms with van der Waals surface area (Å²) >= 11 is -0.0207. The van der Waals surface area contributed by atoms with E-state index in [9.17, 15) is 23.2 Å². The summed E-state index contributed by atoms with van der Waals surface area (Å²) in [5, 5.41) is 10.6. The van der Waals surface area contributed by atoms with Crippen molar-refractivity contribution in [3.63, 3.8) is 0 Å². The smallest absolute Gasteiger partial charge is 0.253 e. The second kappa shape index (κ2) is 8.50. The summed E-state index contributed by atoms with van der Waals surface area (Å²) in [5.74, 6) is -3.55. The van der Waals surface area contributed by atoms with Crippen LogP contribution in [0.4, 0.5) is 14.5 Å². The number of carbonyl (C=O) groups is 1. The number of piperidine rings is 1. The molecule has 0 bridgehead atoms. The zero-order chi connectivity index (χ0) is 23.2. The first-order valence-electron chi connectivity index (χ1n) is 10.7. The van der Waals surface area contributed by atoms with Crippen molar-refractivity contribution in [1.82, 2.24) is 9.88 Å². The SMILES string of the molecule is O=C(c1ccc(N[S+]([O-])c2cccc3scnc23)cc1)N1CCC(O)(CC2CC2(F)F)CC1. The van der Waals surface area contributed by atoms with Crippen LogP contribution in [0.3, 0.4) is 0 Å². The van der Waals surface area contributed by atoms with E-state index < -0.39 is 28.8 Å². The van der Waals surface area contributed by atoms with E-state index in [1.54, 1.807) is 40.7 Å². The molecule has 2 aliphatic rings. The maximum Gasteiger partial charge on any atom is 0.253 e. The minimum Gasteiger partial charge on any atom is -0.588 e. The lowest BCUT2D eigenvalue weighted by Gasteiger charge is -2.38. The molecule has 0 spiro atoms. The van der Waals surface area contributed by atoms with Gasteiger partial charge in [0.05, 0.1) is 21.5 Å². The van der Waals surface area contributed by atoms with Crippen LogP contribution in [0.1, 0.15) is 36.0 Å². The van der Waals surface area contributed by atoms with Crippen molar-refractivity contribution < 1.29 is 23.2 Å². The Bertz CT molecular complexity index is 1160. The first-order valence-corrected chi connectivity index (χ1v) is 12.8. The second-order valence-corrected chi connectivity index (χ2v) is 10.9. The minimum absolute atomic E-state index is 0.0914. The number of benzene rings is 2. The second-order valence-electron chi connectivity index (χ2n) is 8.79. The summed E-state index contributed by atoms with van der Waals surface area (Å²) in [6, 6.07) is 12.3. The van der Waals surface area contributed by atoms with Gasteiger partial charge in [0, 0.05) is 31.0 Å². The van der Waals surface area contributed by atoms with Gasteiger partial charge in [-0.2, -0.15) is 0 Å². The van der Waals surface area contributed by atoms with E-state index in [1.165, 1.54) is 11.3 Å². The molecule has 1 saturated carbocycles. The largest absolute Gasteiger partial charge is 0.588 e. The summed E-state index contributed by atoms with van der Waals surface area (Å²) in [4.78, 5) is 19.4. The Hall–Kier alpha value is -2.27. The molecule has 2 heterocycles. The van der Waals surface area contributed by atoms with Crippen LogP contribution in [0, 0.1) is 5.92 Å². The number of nitrogens with one attached hydrogen (secondary N) is 1. The van der Waals surface area contributed by atoms with Crippen molar-refractivity contribution in [2.24, 2.45) is 5.92 Å². The molecule has 2 atom stereocenters. The quantitative estimate of drug-likeness (QED) is 0.498. The standard InChI is InChI=1S/C23H23F2N3O3S2/c24-23(25)13-16(23)12-22(30)8-10-28(11-9-22)21(29)15-4-6-17(7-5-15)27-33(31)19-3-1-2-18-20(19)26-14-32-18/h1-7,14,16,27,30H,8-13H2. The van der Waals surface area contributed by atoms with Crippen molar-refractivity contribution in [2.45, 2.75) is 42.1 Å². The molecule has 2 aromatic carbocycles. The third-order valence-electron chi connectivity index (χ3n) is 6.43. The Balaban J connectivity index is 1.18. The molecule has 2 fully saturated rings. The van der Waals surface area contributed by atoms with Crippen molar-refractivity contribution in [1.29, 1.82) is 0 Å². The van der Waals surface area contributed by atoms with Gasteiger partial charge in [-0.25, -0.2) is 18.5 Å². The molecule has 0 radical (unpaired) electrons. The van der Waals surface area contributed by atoms with E-state index in [1.807, 2.05) is 12.1 Å². The summed E-state index contributed by atoms with van der Waals surface area (Å²) in [5.41, 5.74) is 2.38. The zero-order valence-corrected chi connectivity index (χ0v) is 19.3. The fourth-order valence-corrected chi connectivity index (χ4v) is 6.08. The summed E-state index contributed by atoms with van der Waals surface area (Å²) < 4.78 is 43.1. The highest BCUT2D eigenvalue weighted by atomic mass is 32.2. The summed E-state index contributed by atoms with van der Waals surface area (Å²) in [6.07, 6.45) is 0.536. The normalized spacial score (nSPS) is 22.2. The Kier molecular flexibility index (Phi) is 5.80. The highest BCUT2D eigenvalue weighted by Crippen LogP contribution is 2.53. The summed E-state index contributed by atoms with van der Waals surface area (Å²) in [6.45, 7) is 0.657. The molecule has 1 saturated heterocycles. The molecule has 1 aliphatic carbocycles. The lowest BCUT2D eigenvalue weighted by molar-refractivity contribution is -0.0366. The third-order valence-corrected chi connectivity index (χ3v) is 8.37. The highest BCUT2D eigenvalue weighted by Gasteiger charge is 2.59. The monoisotopic (exact) mass is 491 g/mol. The number of para-hydroxylation sites is 1. The number of aromatic nitrogens is 1. The van der Waals surface area contributed by atoms with E-state index in [0.29, 0.717) is 47.6 Å². The van der Waals surface area contributed by atoms with Gasteiger partial charge >= 0.3 is 0 Å². The Morgan fingerprint density at radius 3 is 2.61 bits per heavy atom. The number of alkyl halides is 2. The van der Waals surface area contributed by atoms with Crippen LogP contribution in [0.5, 0.6) is 0 Å². The van der Waals surface area contributed by atoms with E-state index in [0.717, 1.165) is 4.70 Å². The number of fused-ring (bicyclic) bond motifs is 1. The predicted octanol–water partition coefficient (Wildman–Crippen LogP) is 4.44. The van der Waals surface area contributed by atoms with Gasteiger partial charge in [0.1, 0.15) is 16.9 Å². The Morgan fingerprint density at radius 1 is 1.24 bits per heavy atom. The van der Waals surface area contributed by atoms with Crippen molar-refractivity contribution >= 4 is 44.5 Å². The third kappa shape index (κ3) is 4.70. The molecule has 1 aliphatic heterocycles. The zero-order valence-electron chi connectivity index (χ0n) is 17.7. The fourth-order valence-electron chi connectivity index (χ4n) is 4.32. The Morgan fingerprint density at radius 2 is 1.94 bits per heavy atom. The van der Waals surface area contributed by atoms with E-state index in [2.05, 4.69) is 9.71 Å². The number of amides is 1. The van der Waals surface area contributed by atoms with Gasteiger partial charge in [-0.05, 0) is 55.7 Å². The number of anilines is 1.